The predicted molar refractivity (Wildman–Crippen MR) is 134 cm³/mol. The summed E-state index contributed by atoms with van der Waals surface area (Å²) in [5.41, 5.74) is 1.64. The van der Waals surface area contributed by atoms with Crippen LogP contribution in [0.25, 0.3) is 0 Å². The van der Waals surface area contributed by atoms with Gasteiger partial charge in [-0.1, -0.05) is 48.5 Å². The summed E-state index contributed by atoms with van der Waals surface area (Å²) in [6.07, 6.45) is -12.3. The molecule has 2 N–H and O–H groups in total. The maximum atomic E-state index is 13.4. The lowest BCUT2D eigenvalue weighted by atomic mass is 9.93. The molecule has 0 saturated heterocycles. The number of benzene rings is 3. The van der Waals surface area contributed by atoms with Gasteiger partial charge >= 0.3 is 12.5 Å². The quantitative estimate of drug-likeness (QED) is 0.336. The molecule has 0 saturated carbocycles. The molecule has 39 heavy (non-hydrogen) atoms. The van der Waals surface area contributed by atoms with Gasteiger partial charge in [-0.25, -0.2) is 0 Å². The number of hydrogen-bond donors (Lipinski definition) is 2. The van der Waals surface area contributed by atoms with Crippen molar-refractivity contribution >= 4 is 11.4 Å². The van der Waals surface area contributed by atoms with Crippen LogP contribution in [0.1, 0.15) is 36.6 Å². The first-order valence-electron chi connectivity index (χ1n) is 12.1. The molecule has 0 aromatic heterocycles. The van der Waals surface area contributed by atoms with Crippen molar-refractivity contribution in [1.82, 2.24) is 0 Å². The van der Waals surface area contributed by atoms with E-state index < -0.39 is 36.8 Å². The molecule has 2 atom stereocenters. The van der Waals surface area contributed by atoms with Crippen LogP contribution >= 0.6 is 0 Å². The van der Waals surface area contributed by atoms with Crippen molar-refractivity contribution in [3.63, 3.8) is 0 Å². The Morgan fingerprint density at radius 3 is 2.13 bits per heavy atom. The minimum Gasteiger partial charge on any atom is -0.406 e. The molecule has 0 unspecified atom stereocenters. The van der Waals surface area contributed by atoms with Crippen molar-refractivity contribution in [2.75, 3.05) is 22.9 Å². The zero-order valence-electron chi connectivity index (χ0n) is 21.2. The molecule has 0 aliphatic carbocycles. The number of alkyl halides is 6. The molecule has 4 rings (SSSR count). The van der Waals surface area contributed by atoms with E-state index in [9.17, 15) is 36.6 Å². The van der Waals surface area contributed by atoms with Gasteiger partial charge in [0.1, 0.15) is 5.75 Å². The summed E-state index contributed by atoms with van der Waals surface area (Å²) in [4.78, 5) is 3.36. The largest absolute Gasteiger partial charge is 0.573 e. The second kappa shape index (κ2) is 10.6. The van der Waals surface area contributed by atoms with Crippen LogP contribution in [0.4, 0.5) is 37.7 Å². The van der Waals surface area contributed by atoms with Crippen LogP contribution in [0.15, 0.2) is 72.8 Å². The van der Waals surface area contributed by atoms with Gasteiger partial charge in [0.25, 0.3) is 0 Å². The Kier molecular flexibility index (Phi) is 7.77. The van der Waals surface area contributed by atoms with Crippen LogP contribution in [0.5, 0.6) is 5.75 Å². The molecule has 3 aromatic carbocycles. The fourth-order valence-electron chi connectivity index (χ4n) is 4.67. The number of halogens is 6. The molecule has 1 aliphatic rings. The summed E-state index contributed by atoms with van der Waals surface area (Å²) in [7, 11) is 0. The third-order valence-electron chi connectivity index (χ3n) is 6.56. The summed E-state index contributed by atoms with van der Waals surface area (Å²) in [5, 5.41) is 20.3. The van der Waals surface area contributed by atoms with Gasteiger partial charge in [0.05, 0.1) is 29.6 Å². The van der Waals surface area contributed by atoms with Gasteiger partial charge in [-0.15, -0.1) is 13.2 Å². The number of fused-ring (bicyclic) bond motifs is 1. The molecular formula is C28H28F6N2O3. The van der Waals surface area contributed by atoms with E-state index in [2.05, 4.69) is 4.74 Å². The van der Waals surface area contributed by atoms with E-state index in [1.54, 1.807) is 68.4 Å². The SMILES string of the molecule is CC(C)(O)c1ccc([C@@H]2CN(Cc3cccc(OC(F)(F)F)c3)c3ccccc3N2C[C@@H](O)C(F)(F)F)cc1. The van der Waals surface area contributed by atoms with Gasteiger partial charge in [-0.2, -0.15) is 13.2 Å². The zero-order valence-corrected chi connectivity index (χ0v) is 21.2. The van der Waals surface area contributed by atoms with Crippen LogP contribution in [-0.2, 0) is 12.1 Å². The molecule has 1 heterocycles. The first-order chi connectivity index (χ1) is 18.1. The number of β-amino-alcohol motifs (C(OH)–C–C–N with tert-alkyl or cyclic N) is 1. The van der Waals surface area contributed by atoms with Crippen LogP contribution in [0.2, 0.25) is 0 Å². The van der Waals surface area contributed by atoms with Crippen molar-refractivity contribution in [2.24, 2.45) is 0 Å². The van der Waals surface area contributed by atoms with Crippen LogP contribution < -0.4 is 14.5 Å². The summed E-state index contributed by atoms with van der Waals surface area (Å²) in [5.74, 6) is -0.376. The first-order valence-corrected chi connectivity index (χ1v) is 12.1. The van der Waals surface area contributed by atoms with Crippen LogP contribution in [0, 0.1) is 0 Å². The van der Waals surface area contributed by atoms with Gasteiger partial charge in [-0.3, -0.25) is 0 Å². The van der Waals surface area contributed by atoms with Gasteiger partial charge in [0.15, 0.2) is 6.10 Å². The molecule has 0 amide bonds. The zero-order chi connectivity index (χ0) is 28.6. The van der Waals surface area contributed by atoms with Crippen molar-refractivity contribution in [3.8, 4) is 5.75 Å². The van der Waals surface area contributed by atoms with Gasteiger partial charge in [0, 0.05) is 13.1 Å². The highest BCUT2D eigenvalue weighted by molar-refractivity contribution is 5.75. The third-order valence-corrected chi connectivity index (χ3v) is 6.56. The van der Waals surface area contributed by atoms with E-state index in [1.165, 1.54) is 23.1 Å². The number of anilines is 2. The molecule has 1 aliphatic heterocycles. The van der Waals surface area contributed by atoms with E-state index in [1.807, 2.05) is 4.90 Å². The highest BCUT2D eigenvalue weighted by atomic mass is 19.4. The van der Waals surface area contributed by atoms with E-state index >= 15 is 0 Å². The standard InChI is InChI=1S/C28H28F6N2O3/c1-26(2,38)20-12-10-19(11-13-20)24-16-35(15-18-6-5-7-21(14-18)39-28(32,33)34)22-8-3-4-9-23(22)36(24)17-25(37)27(29,30)31/h3-14,24-25,37-38H,15-17H2,1-2H3/t24-,25+/m0/s1. The summed E-state index contributed by atoms with van der Waals surface area (Å²) in [6.45, 7) is 2.83. The Hall–Kier alpha value is -3.44. The molecule has 0 fully saturated rings. The smallest absolute Gasteiger partial charge is 0.406 e. The summed E-state index contributed by atoms with van der Waals surface area (Å²) < 4.78 is 82.5. The molecule has 0 radical (unpaired) electrons. The number of ether oxygens (including phenoxy) is 1. The molecule has 0 bridgehead atoms. The Bertz CT molecular complexity index is 1270. The average Bonchev–Trinajstić information content (AvgIpc) is 2.83. The van der Waals surface area contributed by atoms with E-state index in [0.29, 0.717) is 28.1 Å². The van der Waals surface area contributed by atoms with Crippen molar-refractivity contribution in [3.05, 3.63) is 89.5 Å². The van der Waals surface area contributed by atoms with E-state index in [-0.39, 0.29) is 18.8 Å². The number of nitrogens with zero attached hydrogens (tertiary/aromatic N) is 2. The number of hydrogen-bond acceptors (Lipinski definition) is 5. The minimum absolute atomic E-state index is 0.153. The first kappa shape index (κ1) is 28.6. The van der Waals surface area contributed by atoms with Gasteiger partial charge in [0.2, 0.25) is 0 Å². The Morgan fingerprint density at radius 1 is 0.897 bits per heavy atom. The maximum Gasteiger partial charge on any atom is 0.573 e. The maximum absolute atomic E-state index is 13.4. The highest BCUT2D eigenvalue weighted by Crippen LogP contribution is 2.43. The van der Waals surface area contributed by atoms with Crippen molar-refractivity contribution < 1.29 is 41.3 Å². The molecule has 11 heteroatoms. The topological polar surface area (TPSA) is 56.2 Å². The molecular weight excluding hydrogens is 526 g/mol. The lowest BCUT2D eigenvalue weighted by Gasteiger charge is -2.46. The summed E-state index contributed by atoms with van der Waals surface area (Å²) in [6, 6.07) is 18.4. The third kappa shape index (κ3) is 6.96. The van der Waals surface area contributed by atoms with E-state index in [4.69, 9.17) is 0 Å². The second-order valence-electron chi connectivity index (χ2n) is 9.97. The highest BCUT2D eigenvalue weighted by Gasteiger charge is 2.42. The Morgan fingerprint density at radius 2 is 1.54 bits per heavy atom. The van der Waals surface area contributed by atoms with E-state index in [0.717, 1.165) is 0 Å². The fourth-order valence-corrected chi connectivity index (χ4v) is 4.67. The van der Waals surface area contributed by atoms with Crippen LogP contribution in [-0.4, -0.2) is 41.9 Å². The lowest BCUT2D eigenvalue weighted by Crippen LogP contribution is -2.49. The second-order valence-corrected chi connectivity index (χ2v) is 9.97. The molecule has 5 nitrogen and oxygen atoms in total. The molecule has 3 aromatic rings. The number of aliphatic hydroxyl groups is 2. The average molecular weight is 555 g/mol. The molecule has 210 valence electrons. The number of para-hydroxylation sites is 2. The normalized spacial score (nSPS) is 17.1. The Labute approximate surface area is 221 Å². The molecule has 0 spiro atoms. The predicted octanol–water partition coefficient (Wildman–Crippen LogP) is 6.30. The summed E-state index contributed by atoms with van der Waals surface area (Å²) >= 11 is 0. The van der Waals surface area contributed by atoms with Crippen molar-refractivity contribution in [2.45, 2.75) is 50.7 Å². The fraction of sp³-hybridized carbons (Fsp3) is 0.357. The number of aliphatic hydroxyl groups excluding tert-OH is 1. The number of rotatable bonds is 7. The lowest BCUT2D eigenvalue weighted by molar-refractivity contribution is -0.274. The Balaban J connectivity index is 1.73. The monoisotopic (exact) mass is 554 g/mol. The van der Waals surface area contributed by atoms with Crippen LogP contribution in [0.3, 0.4) is 0 Å². The van der Waals surface area contributed by atoms with Gasteiger partial charge < -0.3 is 24.7 Å². The van der Waals surface area contributed by atoms with Gasteiger partial charge in [-0.05, 0) is 54.8 Å². The minimum atomic E-state index is -4.85. The van der Waals surface area contributed by atoms with Crippen molar-refractivity contribution in [1.29, 1.82) is 0 Å².